The zero-order valence-electron chi connectivity index (χ0n) is 15.4. The molecule has 0 aliphatic carbocycles. The second-order valence-corrected chi connectivity index (χ2v) is 6.25. The van der Waals surface area contributed by atoms with E-state index >= 15 is 0 Å². The molecule has 1 rings (SSSR count). The molecule has 0 atom stereocenters. The molecule has 0 amide bonds. The number of hydrogen-bond donors (Lipinski definition) is 2. The van der Waals surface area contributed by atoms with Crippen molar-refractivity contribution >= 4 is 0 Å². The minimum atomic E-state index is -1.06. The van der Waals surface area contributed by atoms with Gasteiger partial charge in [0, 0.05) is 0 Å². The molecule has 0 fully saturated rings. The van der Waals surface area contributed by atoms with E-state index in [0.29, 0.717) is 11.5 Å². The van der Waals surface area contributed by atoms with Crippen LogP contribution < -0.4 is 9.47 Å². The van der Waals surface area contributed by atoms with Crippen molar-refractivity contribution in [1.82, 2.24) is 0 Å². The zero-order chi connectivity index (χ0) is 19.5. The number of ether oxygens (including phenoxy) is 2. The minimum Gasteiger partial charge on any atom is -0.477 e. The Morgan fingerprint density at radius 3 is 1.46 bits per heavy atom. The van der Waals surface area contributed by atoms with Crippen LogP contribution in [0.5, 0.6) is 11.5 Å². The van der Waals surface area contributed by atoms with Gasteiger partial charge in [-0.25, -0.2) is 0 Å². The van der Waals surface area contributed by atoms with Crippen molar-refractivity contribution in [2.45, 2.75) is 38.9 Å². The molecule has 4 nitrogen and oxygen atoms in total. The van der Waals surface area contributed by atoms with Crippen molar-refractivity contribution in [3.8, 4) is 58.9 Å². The fraction of sp³-hybridized carbons (Fsp3) is 0.364. The quantitative estimate of drug-likeness (QED) is 0.816. The second-order valence-electron chi connectivity index (χ2n) is 6.25. The fourth-order valence-corrected chi connectivity index (χ4v) is 1.45. The van der Waals surface area contributed by atoms with Gasteiger partial charge in [-0.1, -0.05) is 24.0 Å². The second kappa shape index (κ2) is 10.1. The van der Waals surface area contributed by atoms with Crippen LogP contribution >= 0.6 is 0 Å². The van der Waals surface area contributed by atoms with Gasteiger partial charge in [0.1, 0.15) is 24.4 Å². The summed E-state index contributed by atoms with van der Waals surface area (Å²) >= 11 is 0. The van der Waals surface area contributed by atoms with Crippen LogP contribution in [-0.4, -0.2) is 34.6 Å². The number of para-hydroxylation sites is 2. The van der Waals surface area contributed by atoms with Crippen LogP contribution in [0.1, 0.15) is 27.7 Å². The average molecular weight is 350 g/mol. The van der Waals surface area contributed by atoms with Crippen LogP contribution in [0.25, 0.3) is 0 Å². The highest BCUT2D eigenvalue weighted by Crippen LogP contribution is 2.25. The Morgan fingerprint density at radius 1 is 0.731 bits per heavy atom. The third-order valence-corrected chi connectivity index (χ3v) is 2.49. The fourth-order valence-electron chi connectivity index (χ4n) is 1.45. The van der Waals surface area contributed by atoms with Gasteiger partial charge in [0.25, 0.3) is 0 Å². The number of rotatable bonds is 4. The van der Waals surface area contributed by atoms with Crippen molar-refractivity contribution in [3.05, 3.63) is 24.3 Å². The standard InChI is InChI=1S/C22H22O4/c1-21(2,23)15-9-5-11-17-25-19-13-7-8-14-20(19)26-18-12-6-10-16-22(3,4)24/h7-8,13-14,23-24H,17-18H2,1-4H3. The summed E-state index contributed by atoms with van der Waals surface area (Å²) in [6.07, 6.45) is 0. The van der Waals surface area contributed by atoms with Crippen LogP contribution in [0, 0.1) is 47.4 Å². The first kappa shape index (κ1) is 21.0. The van der Waals surface area contributed by atoms with Gasteiger partial charge in [-0.2, -0.15) is 0 Å². The van der Waals surface area contributed by atoms with Gasteiger partial charge in [0.15, 0.2) is 11.5 Å². The topological polar surface area (TPSA) is 58.9 Å². The van der Waals surface area contributed by atoms with Gasteiger partial charge in [-0.05, 0) is 75.4 Å². The normalized spacial score (nSPS) is 9.77. The number of benzene rings is 1. The molecule has 0 unspecified atom stereocenters. The first-order chi connectivity index (χ1) is 12.2. The van der Waals surface area contributed by atoms with Crippen LogP contribution in [0.3, 0.4) is 0 Å². The van der Waals surface area contributed by atoms with Crippen molar-refractivity contribution < 1.29 is 19.7 Å². The molecule has 0 spiro atoms. The highest BCUT2D eigenvalue weighted by Gasteiger charge is 2.05. The van der Waals surface area contributed by atoms with E-state index in [4.69, 9.17) is 9.47 Å². The summed E-state index contributed by atoms with van der Waals surface area (Å²) in [5, 5.41) is 18.9. The van der Waals surface area contributed by atoms with Crippen molar-refractivity contribution in [1.29, 1.82) is 0 Å². The lowest BCUT2D eigenvalue weighted by atomic mass is 10.1. The summed E-state index contributed by atoms with van der Waals surface area (Å²) in [5.74, 6) is 22.1. The number of hydrogen-bond acceptors (Lipinski definition) is 4. The lowest BCUT2D eigenvalue weighted by Crippen LogP contribution is -2.14. The molecule has 1 aromatic carbocycles. The Kier molecular flexibility index (Phi) is 8.15. The Balaban J connectivity index is 2.57. The Labute approximate surface area is 155 Å². The van der Waals surface area contributed by atoms with Gasteiger partial charge in [-0.3, -0.25) is 0 Å². The van der Waals surface area contributed by atoms with Gasteiger partial charge in [0.2, 0.25) is 0 Å². The first-order valence-corrected chi connectivity index (χ1v) is 7.97. The van der Waals surface area contributed by atoms with Crippen LogP contribution in [0.4, 0.5) is 0 Å². The predicted octanol–water partition coefficient (Wildman–Crippen LogP) is 2.00. The van der Waals surface area contributed by atoms with E-state index in [1.165, 1.54) is 0 Å². The molecule has 0 heterocycles. The van der Waals surface area contributed by atoms with Gasteiger partial charge in [-0.15, -0.1) is 0 Å². The molecule has 0 bridgehead atoms. The van der Waals surface area contributed by atoms with E-state index in [9.17, 15) is 10.2 Å². The van der Waals surface area contributed by atoms with Gasteiger partial charge < -0.3 is 19.7 Å². The SMILES string of the molecule is CC(C)(O)C#CC#CCOc1ccccc1OCC#CC#CC(C)(C)O. The third kappa shape index (κ3) is 10.7. The van der Waals surface area contributed by atoms with E-state index in [-0.39, 0.29) is 13.2 Å². The molecule has 2 N–H and O–H groups in total. The lowest BCUT2D eigenvalue weighted by Gasteiger charge is -2.08. The first-order valence-electron chi connectivity index (χ1n) is 7.97. The Morgan fingerprint density at radius 2 is 1.12 bits per heavy atom. The highest BCUT2D eigenvalue weighted by molar-refractivity contribution is 5.40. The molecule has 0 aliphatic heterocycles. The molecule has 0 aliphatic rings. The smallest absolute Gasteiger partial charge is 0.162 e. The molecule has 0 saturated heterocycles. The molecule has 26 heavy (non-hydrogen) atoms. The molecule has 0 aromatic heterocycles. The van der Waals surface area contributed by atoms with E-state index < -0.39 is 11.2 Å². The molecular formula is C22H22O4. The summed E-state index contributed by atoms with van der Waals surface area (Å²) in [5.41, 5.74) is -2.12. The highest BCUT2D eigenvalue weighted by atomic mass is 16.5. The molecule has 0 saturated carbocycles. The molecular weight excluding hydrogens is 328 g/mol. The van der Waals surface area contributed by atoms with Crippen LogP contribution in [0.15, 0.2) is 24.3 Å². The van der Waals surface area contributed by atoms with E-state index in [1.807, 2.05) is 12.1 Å². The summed E-state index contributed by atoms with van der Waals surface area (Å²) in [7, 11) is 0. The Bertz CT molecular complexity index is 766. The summed E-state index contributed by atoms with van der Waals surface area (Å²) < 4.78 is 11.1. The van der Waals surface area contributed by atoms with E-state index in [1.54, 1.807) is 39.8 Å². The monoisotopic (exact) mass is 350 g/mol. The van der Waals surface area contributed by atoms with E-state index in [2.05, 4.69) is 47.4 Å². The lowest BCUT2D eigenvalue weighted by molar-refractivity contribution is 0.143. The van der Waals surface area contributed by atoms with Crippen molar-refractivity contribution in [3.63, 3.8) is 0 Å². The third-order valence-electron chi connectivity index (χ3n) is 2.49. The summed E-state index contributed by atoms with van der Waals surface area (Å²) in [6.45, 7) is 6.64. The van der Waals surface area contributed by atoms with Gasteiger partial charge >= 0.3 is 0 Å². The Hall–Kier alpha value is -3.02. The molecule has 134 valence electrons. The predicted molar refractivity (Wildman–Crippen MR) is 101 cm³/mol. The van der Waals surface area contributed by atoms with Gasteiger partial charge in [0.05, 0.1) is 0 Å². The zero-order valence-corrected chi connectivity index (χ0v) is 15.4. The maximum atomic E-state index is 9.44. The van der Waals surface area contributed by atoms with Crippen LogP contribution in [-0.2, 0) is 0 Å². The summed E-state index contributed by atoms with van der Waals surface area (Å²) in [4.78, 5) is 0. The molecule has 0 radical (unpaired) electrons. The summed E-state index contributed by atoms with van der Waals surface area (Å²) in [6, 6.07) is 7.18. The maximum absolute atomic E-state index is 9.44. The average Bonchev–Trinajstić information content (AvgIpc) is 2.53. The minimum absolute atomic E-state index is 0.143. The largest absolute Gasteiger partial charge is 0.477 e. The molecule has 4 heteroatoms. The van der Waals surface area contributed by atoms with Crippen molar-refractivity contribution in [2.75, 3.05) is 13.2 Å². The van der Waals surface area contributed by atoms with E-state index in [0.717, 1.165) is 0 Å². The van der Waals surface area contributed by atoms with Crippen LogP contribution in [0.2, 0.25) is 0 Å². The molecule has 1 aromatic rings. The maximum Gasteiger partial charge on any atom is 0.162 e. The number of aliphatic hydroxyl groups is 2. The van der Waals surface area contributed by atoms with Crippen molar-refractivity contribution in [2.24, 2.45) is 0 Å².